The van der Waals surface area contributed by atoms with Gasteiger partial charge in [-0.3, -0.25) is 4.79 Å². The second-order valence-electron chi connectivity index (χ2n) is 5.55. The number of ether oxygens (including phenoxy) is 2. The maximum atomic E-state index is 12.5. The Bertz CT molecular complexity index is 491. The van der Waals surface area contributed by atoms with E-state index in [2.05, 4.69) is 23.8 Å². The lowest BCUT2D eigenvalue weighted by Gasteiger charge is -2.34. The van der Waals surface area contributed by atoms with Crippen LogP contribution in [0.5, 0.6) is 11.8 Å². The molecule has 2 rings (SSSR count). The van der Waals surface area contributed by atoms with Gasteiger partial charge < -0.3 is 14.4 Å². The molecule has 1 aromatic heterocycles. The van der Waals surface area contributed by atoms with Gasteiger partial charge in [0.15, 0.2) is 0 Å². The quantitative estimate of drug-likeness (QED) is 0.807. The van der Waals surface area contributed by atoms with Crippen molar-refractivity contribution in [3.63, 3.8) is 0 Å². The first-order valence-electron chi connectivity index (χ1n) is 8.00. The summed E-state index contributed by atoms with van der Waals surface area (Å²) in [5, 5.41) is 0. The number of carbonyl (C=O) groups excluding carboxylic acids is 1. The standard InChI is InChI=1S/C16H25N3O3/c1-4-12(5-2)16(20)19-10-6-7-13(11-19)22-15-14(21-3)17-8-9-18-15/h8-9,12-13H,4-7,10-11H2,1-3H3. The van der Waals surface area contributed by atoms with E-state index in [1.165, 1.54) is 0 Å². The summed E-state index contributed by atoms with van der Waals surface area (Å²) in [6.45, 7) is 5.55. The summed E-state index contributed by atoms with van der Waals surface area (Å²) in [7, 11) is 1.54. The van der Waals surface area contributed by atoms with Crippen LogP contribution in [0.25, 0.3) is 0 Å². The average Bonchev–Trinajstić information content (AvgIpc) is 2.56. The van der Waals surface area contributed by atoms with Crippen molar-refractivity contribution in [1.82, 2.24) is 14.9 Å². The van der Waals surface area contributed by atoms with Crippen LogP contribution in [0, 0.1) is 5.92 Å². The summed E-state index contributed by atoms with van der Waals surface area (Å²) in [5.41, 5.74) is 0. The van der Waals surface area contributed by atoms with Crippen LogP contribution in [0.15, 0.2) is 12.4 Å². The molecule has 0 spiro atoms. The van der Waals surface area contributed by atoms with Gasteiger partial charge in [-0.25, -0.2) is 9.97 Å². The number of likely N-dealkylation sites (tertiary alicyclic amines) is 1. The molecule has 1 aliphatic rings. The van der Waals surface area contributed by atoms with Crippen molar-refractivity contribution >= 4 is 5.91 Å². The Morgan fingerprint density at radius 1 is 1.32 bits per heavy atom. The van der Waals surface area contributed by atoms with Gasteiger partial charge in [-0.2, -0.15) is 0 Å². The zero-order valence-corrected chi connectivity index (χ0v) is 13.6. The molecule has 1 unspecified atom stereocenters. The van der Waals surface area contributed by atoms with Gasteiger partial charge in [-0.05, 0) is 25.7 Å². The average molecular weight is 307 g/mol. The summed E-state index contributed by atoms with van der Waals surface area (Å²) in [5.74, 6) is 1.13. The Morgan fingerprint density at radius 3 is 2.64 bits per heavy atom. The van der Waals surface area contributed by atoms with Crippen LogP contribution in [-0.2, 0) is 4.79 Å². The van der Waals surface area contributed by atoms with E-state index in [9.17, 15) is 4.79 Å². The minimum Gasteiger partial charge on any atom is -0.477 e. The molecular formula is C16H25N3O3. The van der Waals surface area contributed by atoms with E-state index in [1.807, 2.05) is 4.90 Å². The predicted octanol–water partition coefficient (Wildman–Crippen LogP) is 2.29. The number of aromatic nitrogens is 2. The van der Waals surface area contributed by atoms with E-state index in [4.69, 9.17) is 9.47 Å². The predicted molar refractivity (Wildman–Crippen MR) is 82.9 cm³/mol. The van der Waals surface area contributed by atoms with E-state index < -0.39 is 0 Å². The van der Waals surface area contributed by atoms with E-state index in [0.717, 1.165) is 32.2 Å². The Balaban J connectivity index is 2.00. The molecule has 0 bridgehead atoms. The molecule has 6 nitrogen and oxygen atoms in total. The molecule has 0 saturated carbocycles. The van der Waals surface area contributed by atoms with Crippen molar-refractivity contribution in [3.05, 3.63) is 12.4 Å². The van der Waals surface area contributed by atoms with Gasteiger partial charge in [0, 0.05) is 24.9 Å². The molecule has 1 fully saturated rings. The molecule has 0 radical (unpaired) electrons. The van der Waals surface area contributed by atoms with E-state index >= 15 is 0 Å². The Hall–Kier alpha value is -1.85. The van der Waals surface area contributed by atoms with Crippen LogP contribution in [-0.4, -0.2) is 47.1 Å². The van der Waals surface area contributed by atoms with Gasteiger partial charge in [-0.15, -0.1) is 0 Å². The lowest BCUT2D eigenvalue weighted by atomic mass is 9.99. The number of rotatable bonds is 6. The monoisotopic (exact) mass is 307 g/mol. The van der Waals surface area contributed by atoms with Crippen LogP contribution in [0.4, 0.5) is 0 Å². The lowest BCUT2D eigenvalue weighted by Crippen LogP contribution is -2.46. The molecule has 1 saturated heterocycles. The smallest absolute Gasteiger partial charge is 0.278 e. The molecule has 0 aromatic carbocycles. The molecule has 2 heterocycles. The van der Waals surface area contributed by atoms with E-state index in [1.54, 1.807) is 19.5 Å². The van der Waals surface area contributed by atoms with Crippen LogP contribution < -0.4 is 9.47 Å². The maximum absolute atomic E-state index is 12.5. The molecule has 1 atom stereocenters. The number of hydrogen-bond donors (Lipinski definition) is 0. The maximum Gasteiger partial charge on any atom is 0.278 e. The molecule has 1 amide bonds. The summed E-state index contributed by atoms with van der Waals surface area (Å²) in [4.78, 5) is 22.7. The first kappa shape index (κ1) is 16.5. The zero-order valence-electron chi connectivity index (χ0n) is 13.6. The molecule has 22 heavy (non-hydrogen) atoms. The SMILES string of the molecule is CCC(CC)C(=O)N1CCCC(Oc2nccnc2OC)C1. The third kappa shape index (κ3) is 3.87. The topological polar surface area (TPSA) is 64.6 Å². The molecule has 1 aliphatic heterocycles. The summed E-state index contributed by atoms with van der Waals surface area (Å²) >= 11 is 0. The first-order chi connectivity index (χ1) is 10.7. The van der Waals surface area contributed by atoms with Gasteiger partial charge >= 0.3 is 0 Å². The van der Waals surface area contributed by atoms with E-state index in [0.29, 0.717) is 18.3 Å². The van der Waals surface area contributed by atoms with Crippen LogP contribution in [0.3, 0.4) is 0 Å². The van der Waals surface area contributed by atoms with Crippen molar-refractivity contribution in [3.8, 4) is 11.8 Å². The van der Waals surface area contributed by atoms with Crippen molar-refractivity contribution in [1.29, 1.82) is 0 Å². The third-order valence-electron chi connectivity index (χ3n) is 4.13. The second kappa shape index (κ2) is 7.96. The molecule has 122 valence electrons. The number of carbonyl (C=O) groups is 1. The normalized spacial score (nSPS) is 18.4. The molecule has 1 aromatic rings. The minimum atomic E-state index is -0.0577. The summed E-state index contributed by atoms with van der Waals surface area (Å²) in [6, 6.07) is 0. The molecular weight excluding hydrogens is 282 g/mol. The number of amides is 1. The van der Waals surface area contributed by atoms with Crippen LogP contribution >= 0.6 is 0 Å². The zero-order chi connectivity index (χ0) is 15.9. The Labute approximate surface area is 131 Å². The second-order valence-corrected chi connectivity index (χ2v) is 5.55. The Kier molecular flexibility index (Phi) is 5.98. The van der Waals surface area contributed by atoms with Gasteiger partial charge in [0.25, 0.3) is 11.8 Å². The minimum absolute atomic E-state index is 0.0577. The Morgan fingerprint density at radius 2 is 2.00 bits per heavy atom. The molecule has 6 heteroatoms. The van der Waals surface area contributed by atoms with Gasteiger partial charge in [0.05, 0.1) is 13.7 Å². The molecule has 0 aliphatic carbocycles. The number of nitrogens with zero attached hydrogens (tertiary/aromatic N) is 3. The fourth-order valence-corrected chi connectivity index (χ4v) is 2.82. The van der Waals surface area contributed by atoms with Crippen molar-refractivity contribution in [2.24, 2.45) is 5.92 Å². The fourth-order valence-electron chi connectivity index (χ4n) is 2.82. The number of hydrogen-bond acceptors (Lipinski definition) is 5. The lowest BCUT2D eigenvalue weighted by molar-refractivity contribution is -0.138. The first-order valence-corrected chi connectivity index (χ1v) is 8.00. The van der Waals surface area contributed by atoms with Crippen LogP contribution in [0.1, 0.15) is 39.5 Å². The van der Waals surface area contributed by atoms with Gasteiger partial charge in [0.1, 0.15) is 6.10 Å². The van der Waals surface area contributed by atoms with Crippen molar-refractivity contribution in [2.75, 3.05) is 20.2 Å². The summed E-state index contributed by atoms with van der Waals surface area (Å²) in [6.07, 6.45) is 6.71. The highest BCUT2D eigenvalue weighted by molar-refractivity contribution is 5.78. The van der Waals surface area contributed by atoms with Crippen LogP contribution in [0.2, 0.25) is 0 Å². The third-order valence-corrected chi connectivity index (χ3v) is 4.13. The van der Waals surface area contributed by atoms with Crippen molar-refractivity contribution in [2.45, 2.75) is 45.6 Å². The van der Waals surface area contributed by atoms with Gasteiger partial charge in [-0.1, -0.05) is 13.8 Å². The number of piperidine rings is 1. The largest absolute Gasteiger partial charge is 0.477 e. The van der Waals surface area contributed by atoms with E-state index in [-0.39, 0.29) is 17.9 Å². The molecule has 0 N–H and O–H groups in total. The van der Waals surface area contributed by atoms with Crippen molar-refractivity contribution < 1.29 is 14.3 Å². The summed E-state index contributed by atoms with van der Waals surface area (Å²) < 4.78 is 11.1. The number of methoxy groups -OCH3 is 1. The highest BCUT2D eigenvalue weighted by Crippen LogP contribution is 2.24. The highest BCUT2D eigenvalue weighted by Gasteiger charge is 2.29. The fraction of sp³-hybridized carbons (Fsp3) is 0.688. The van der Waals surface area contributed by atoms with Gasteiger partial charge in [0.2, 0.25) is 5.91 Å². The highest BCUT2D eigenvalue weighted by atomic mass is 16.5.